The van der Waals surface area contributed by atoms with Crippen LogP contribution in [0.2, 0.25) is 0 Å². The summed E-state index contributed by atoms with van der Waals surface area (Å²) in [6, 6.07) is 5.50. The minimum atomic E-state index is -0.382. The molecule has 1 aliphatic heterocycles. The first-order chi connectivity index (χ1) is 9.67. The molecule has 1 fully saturated rings. The normalized spacial score (nSPS) is 16.1. The Morgan fingerprint density at radius 2 is 2.00 bits per heavy atom. The Morgan fingerprint density at radius 3 is 2.50 bits per heavy atom. The van der Waals surface area contributed by atoms with Crippen LogP contribution < -0.4 is 10.1 Å². The van der Waals surface area contributed by atoms with Gasteiger partial charge in [0.2, 0.25) is 0 Å². The zero-order valence-electron chi connectivity index (χ0n) is 12.8. The highest BCUT2D eigenvalue weighted by atomic mass is 35.5. The van der Waals surface area contributed by atoms with E-state index in [1.807, 2.05) is 6.07 Å². The SMILES string of the molecule is CC[C@H](c1ccc(OC)c([N+](=O)[O-])c1)N1CCNCC1.Cl.Cl. The molecular weight excluding hydrogens is 329 g/mol. The monoisotopic (exact) mass is 351 g/mol. The molecule has 0 aliphatic carbocycles. The van der Waals surface area contributed by atoms with Crippen molar-refractivity contribution < 1.29 is 9.66 Å². The number of benzene rings is 1. The van der Waals surface area contributed by atoms with Crippen LogP contribution in [0.15, 0.2) is 18.2 Å². The fraction of sp³-hybridized carbons (Fsp3) is 0.571. The van der Waals surface area contributed by atoms with Gasteiger partial charge in [0, 0.05) is 38.3 Å². The van der Waals surface area contributed by atoms with Gasteiger partial charge in [-0.05, 0) is 18.1 Å². The Bertz CT molecular complexity index is 482. The van der Waals surface area contributed by atoms with E-state index in [9.17, 15) is 10.1 Å². The van der Waals surface area contributed by atoms with Crippen LogP contribution in [0.3, 0.4) is 0 Å². The van der Waals surface area contributed by atoms with Crippen molar-refractivity contribution in [2.45, 2.75) is 19.4 Å². The highest BCUT2D eigenvalue weighted by Gasteiger charge is 2.24. The van der Waals surface area contributed by atoms with Gasteiger partial charge in [-0.1, -0.05) is 13.0 Å². The molecule has 0 radical (unpaired) electrons. The summed E-state index contributed by atoms with van der Waals surface area (Å²) in [5.41, 5.74) is 1.03. The topological polar surface area (TPSA) is 67.6 Å². The number of nitrogens with one attached hydrogen (secondary N) is 1. The van der Waals surface area contributed by atoms with Gasteiger partial charge in [0.15, 0.2) is 5.75 Å². The van der Waals surface area contributed by atoms with E-state index in [0.717, 1.165) is 38.2 Å². The second-order valence-electron chi connectivity index (χ2n) is 4.90. The van der Waals surface area contributed by atoms with Crippen LogP contribution in [-0.2, 0) is 0 Å². The second-order valence-corrected chi connectivity index (χ2v) is 4.90. The number of halogens is 2. The molecule has 1 atom stereocenters. The summed E-state index contributed by atoms with van der Waals surface area (Å²) >= 11 is 0. The first kappa shape index (κ1) is 20.9. The molecule has 22 heavy (non-hydrogen) atoms. The second kappa shape index (κ2) is 9.84. The summed E-state index contributed by atoms with van der Waals surface area (Å²) in [4.78, 5) is 13.1. The lowest BCUT2D eigenvalue weighted by molar-refractivity contribution is -0.385. The van der Waals surface area contributed by atoms with Crippen molar-refractivity contribution in [1.29, 1.82) is 0 Å². The Morgan fingerprint density at radius 1 is 1.36 bits per heavy atom. The van der Waals surface area contributed by atoms with Crippen LogP contribution in [-0.4, -0.2) is 43.1 Å². The quantitative estimate of drug-likeness (QED) is 0.652. The van der Waals surface area contributed by atoms with E-state index in [1.165, 1.54) is 7.11 Å². The number of rotatable bonds is 5. The minimum Gasteiger partial charge on any atom is -0.490 e. The lowest BCUT2D eigenvalue weighted by atomic mass is 10.0. The van der Waals surface area contributed by atoms with Crippen molar-refractivity contribution in [3.05, 3.63) is 33.9 Å². The zero-order chi connectivity index (χ0) is 14.5. The third-order valence-corrected chi connectivity index (χ3v) is 3.76. The van der Waals surface area contributed by atoms with Crippen LogP contribution in [0.4, 0.5) is 5.69 Å². The number of methoxy groups -OCH3 is 1. The van der Waals surface area contributed by atoms with Gasteiger partial charge in [-0.15, -0.1) is 24.8 Å². The van der Waals surface area contributed by atoms with E-state index in [-0.39, 0.29) is 41.5 Å². The summed E-state index contributed by atoms with van der Waals surface area (Å²) in [7, 11) is 1.45. The number of hydrogen-bond donors (Lipinski definition) is 1. The molecule has 8 heteroatoms. The van der Waals surface area contributed by atoms with Gasteiger partial charge < -0.3 is 10.1 Å². The molecule has 2 rings (SSSR count). The Balaban J connectivity index is 0.00000220. The summed E-state index contributed by atoms with van der Waals surface area (Å²) in [6.45, 7) is 5.99. The molecule has 0 saturated carbocycles. The van der Waals surface area contributed by atoms with Crippen LogP contribution in [0, 0.1) is 10.1 Å². The Hall–Kier alpha value is -1.08. The number of nitrogens with zero attached hydrogens (tertiary/aromatic N) is 2. The third kappa shape index (κ3) is 4.71. The van der Waals surface area contributed by atoms with Crippen molar-refractivity contribution in [3.63, 3.8) is 0 Å². The predicted molar refractivity (Wildman–Crippen MR) is 91.6 cm³/mol. The van der Waals surface area contributed by atoms with Crippen molar-refractivity contribution in [2.75, 3.05) is 33.3 Å². The predicted octanol–water partition coefficient (Wildman–Crippen LogP) is 2.80. The number of hydrogen-bond acceptors (Lipinski definition) is 5. The Kier molecular flexibility index (Phi) is 9.36. The van der Waals surface area contributed by atoms with Crippen molar-refractivity contribution >= 4 is 30.5 Å². The molecule has 0 spiro atoms. The third-order valence-electron chi connectivity index (χ3n) is 3.76. The molecule has 1 N–H and O–H groups in total. The fourth-order valence-electron chi connectivity index (χ4n) is 2.76. The van der Waals surface area contributed by atoms with E-state index in [2.05, 4.69) is 17.1 Å². The lowest BCUT2D eigenvalue weighted by Crippen LogP contribution is -2.45. The maximum absolute atomic E-state index is 11.1. The van der Waals surface area contributed by atoms with E-state index in [4.69, 9.17) is 4.74 Å². The molecule has 1 aliphatic rings. The van der Waals surface area contributed by atoms with Crippen molar-refractivity contribution in [3.8, 4) is 5.75 Å². The summed E-state index contributed by atoms with van der Waals surface area (Å²) in [5.74, 6) is 0.314. The molecule has 0 amide bonds. The highest BCUT2D eigenvalue weighted by molar-refractivity contribution is 5.85. The van der Waals surface area contributed by atoms with Crippen LogP contribution in [0.5, 0.6) is 5.75 Å². The number of ether oxygens (including phenoxy) is 1. The molecule has 1 heterocycles. The maximum atomic E-state index is 11.1. The molecule has 0 aromatic heterocycles. The number of piperazine rings is 1. The molecule has 0 bridgehead atoms. The molecule has 1 saturated heterocycles. The van der Waals surface area contributed by atoms with Gasteiger partial charge in [-0.2, -0.15) is 0 Å². The van der Waals surface area contributed by atoms with E-state index in [0.29, 0.717) is 5.75 Å². The van der Waals surface area contributed by atoms with Gasteiger partial charge in [0.05, 0.1) is 12.0 Å². The van der Waals surface area contributed by atoms with Crippen molar-refractivity contribution in [2.24, 2.45) is 0 Å². The van der Waals surface area contributed by atoms with Gasteiger partial charge in [-0.3, -0.25) is 15.0 Å². The van der Waals surface area contributed by atoms with E-state index >= 15 is 0 Å². The summed E-state index contributed by atoms with van der Waals surface area (Å²) < 4.78 is 5.06. The highest BCUT2D eigenvalue weighted by Crippen LogP contribution is 2.33. The van der Waals surface area contributed by atoms with Crippen LogP contribution >= 0.6 is 24.8 Å². The van der Waals surface area contributed by atoms with Crippen LogP contribution in [0.25, 0.3) is 0 Å². The molecule has 126 valence electrons. The van der Waals surface area contributed by atoms with E-state index in [1.54, 1.807) is 12.1 Å². The molecule has 1 aromatic rings. The lowest BCUT2D eigenvalue weighted by Gasteiger charge is -2.34. The average molecular weight is 352 g/mol. The number of nitro benzene ring substituents is 1. The molecule has 0 unspecified atom stereocenters. The van der Waals surface area contributed by atoms with Crippen LogP contribution in [0.1, 0.15) is 24.9 Å². The largest absolute Gasteiger partial charge is 0.490 e. The fourth-order valence-corrected chi connectivity index (χ4v) is 2.76. The first-order valence-electron chi connectivity index (χ1n) is 6.94. The van der Waals surface area contributed by atoms with E-state index < -0.39 is 0 Å². The molecule has 1 aromatic carbocycles. The number of nitro groups is 1. The smallest absolute Gasteiger partial charge is 0.311 e. The Labute approximate surface area is 143 Å². The zero-order valence-corrected chi connectivity index (χ0v) is 14.4. The van der Waals surface area contributed by atoms with Gasteiger partial charge in [-0.25, -0.2) is 0 Å². The van der Waals surface area contributed by atoms with Gasteiger partial charge in [0.25, 0.3) is 0 Å². The summed E-state index contributed by atoms with van der Waals surface area (Å²) in [6.07, 6.45) is 0.934. The molecular formula is C14H23Cl2N3O3. The maximum Gasteiger partial charge on any atom is 0.311 e. The minimum absolute atomic E-state index is 0. The average Bonchev–Trinajstić information content (AvgIpc) is 2.49. The molecule has 6 nitrogen and oxygen atoms in total. The van der Waals surface area contributed by atoms with Crippen molar-refractivity contribution in [1.82, 2.24) is 10.2 Å². The standard InChI is InChI=1S/C14H21N3O3.2ClH/c1-3-12(16-8-6-15-7-9-16)11-4-5-14(20-2)13(10-11)17(18)19;;/h4-5,10,12,15H,3,6-9H2,1-2H3;2*1H/t12-;;/m1../s1. The first-order valence-corrected chi connectivity index (χ1v) is 6.94. The van der Waals surface area contributed by atoms with Gasteiger partial charge in [0.1, 0.15) is 0 Å². The van der Waals surface area contributed by atoms with Gasteiger partial charge >= 0.3 is 5.69 Å². The summed E-state index contributed by atoms with van der Waals surface area (Å²) in [5, 5.41) is 14.4.